The van der Waals surface area contributed by atoms with Gasteiger partial charge in [-0.25, -0.2) is 0 Å². The van der Waals surface area contributed by atoms with Crippen LogP contribution in [0.25, 0.3) is 0 Å². The molecule has 1 saturated heterocycles. The van der Waals surface area contributed by atoms with Crippen molar-refractivity contribution in [3.05, 3.63) is 127 Å². The molecule has 2 unspecified atom stereocenters. The van der Waals surface area contributed by atoms with E-state index >= 15 is 0 Å². The summed E-state index contributed by atoms with van der Waals surface area (Å²) in [7, 11) is -1.27. The van der Waals surface area contributed by atoms with Crippen LogP contribution < -0.4 is 21.2 Å². The molecule has 2 nitrogen and oxygen atoms in total. The topological polar surface area (TPSA) is 18.5 Å². The zero-order valence-electron chi connectivity index (χ0n) is 20.2. The van der Waals surface area contributed by atoms with Crippen molar-refractivity contribution < 1.29 is 9.47 Å². The minimum absolute atomic E-state index is 0.0195. The Kier molecular flexibility index (Phi) is 7.76. The highest BCUT2D eigenvalue weighted by molar-refractivity contribution is 7.75. The van der Waals surface area contributed by atoms with Gasteiger partial charge in [0.2, 0.25) is 0 Å². The molecule has 1 aliphatic rings. The SMILES string of the molecule is CC1(C)OC([CH]P(c2ccccc2)c2ccccc2)C(CP(c2ccccc2)c2ccccc2)O1. The molecule has 1 radical (unpaired) electrons. The molecule has 0 saturated carbocycles. The Labute approximate surface area is 211 Å². The van der Waals surface area contributed by atoms with E-state index in [0.717, 1.165) is 6.16 Å². The van der Waals surface area contributed by atoms with Gasteiger partial charge in [-0.15, -0.1) is 0 Å². The molecule has 0 aliphatic carbocycles. The van der Waals surface area contributed by atoms with E-state index in [-0.39, 0.29) is 12.2 Å². The maximum absolute atomic E-state index is 6.58. The third-order valence-electron chi connectivity index (χ3n) is 6.08. The fourth-order valence-electron chi connectivity index (χ4n) is 4.53. The van der Waals surface area contributed by atoms with Crippen molar-refractivity contribution in [2.45, 2.75) is 31.8 Å². The third-order valence-corrected chi connectivity index (χ3v) is 11.0. The van der Waals surface area contributed by atoms with Crippen molar-refractivity contribution in [2.75, 3.05) is 6.16 Å². The fourth-order valence-corrected chi connectivity index (χ4v) is 9.13. The van der Waals surface area contributed by atoms with Crippen LogP contribution >= 0.6 is 15.8 Å². The second-order valence-corrected chi connectivity index (χ2v) is 13.4. The van der Waals surface area contributed by atoms with Gasteiger partial charge in [0, 0.05) is 12.3 Å². The molecule has 0 aromatic heterocycles. The Hall–Kier alpha value is -2.34. The first-order valence-electron chi connectivity index (χ1n) is 12.1. The molecule has 5 rings (SSSR count). The van der Waals surface area contributed by atoms with E-state index in [4.69, 9.17) is 9.47 Å². The van der Waals surface area contributed by atoms with Gasteiger partial charge >= 0.3 is 0 Å². The number of benzene rings is 4. The second-order valence-electron chi connectivity index (χ2n) is 9.11. The lowest BCUT2D eigenvalue weighted by Crippen LogP contribution is -2.31. The summed E-state index contributed by atoms with van der Waals surface area (Å²) in [5.41, 5.74) is 0. The van der Waals surface area contributed by atoms with E-state index in [9.17, 15) is 0 Å². The molecule has 1 heterocycles. The minimum atomic E-state index is -0.686. The lowest BCUT2D eigenvalue weighted by molar-refractivity contribution is -0.141. The van der Waals surface area contributed by atoms with Crippen LogP contribution in [0.15, 0.2) is 121 Å². The highest BCUT2D eigenvalue weighted by Crippen LogP contribution is 2.46. The predicted octanol–water partition coefficient (Wildman–Crippen LogP) is 5.93. The maximum Gasteiger partial charge on any atom is 0.163 e. The molecule has 177 valence electrons. The van der Waals surface area contributed by atoms with E-state index in [1.54, 1.807) is 0 Å². The standard InChI is InChI=1S/C31H31O2P2/c1-31(2)32-29(23-34(25-15-7-3-8-16-25)26-17-9-4-10-18-26)30(33-31)24-35(27-19-11-5-12-20-27)28-21-13-6-14-22-28/h3-23,29-30H,24H2,1-2H3. The molecule has 0 spiro atoms. The molecule has 4 heteroatoms. The van der Waals surface area contributed by atoms with Crippen LogP contribution in [0.3, 0.4) is 0 Å². The average Bonchev–Trinajstić information content (AvgIpc) is 3.20. The first-order chi connectivity index (χ1) is 17.1. The van der Waals surface area contributed by atoms with Crippen molar-refractivity contribution in [2.24, 2.45) is 0 Å². The van der Waals surface area contributed by atoms with Gasteiger partial charge in [0.15, 0.2) is 5.79 Å². The molecule has 1 aliphatic heterocycles. The summed E-state index contributed by atoms with van der Waals surface area (Å²) in [6.07, 6.45) is 3.23. The third kappa shape index (κ3) is 6.08. The van der Waals surface area contributed by atoms with E-state index in [0.29, 0.717) is 0 Å². The maximum atomic E-state index is 6.58. The highest BCUT2D eigenvalue weighted by Gasteiger charge is 2.43. The highest BCUT2D eigenvalue weighted by atomic mass is 31.1. The van der Waals surface area contributed by atoms with Gasteiger partial charge in [0.25, 0.3) is 0 Å². The molecule has 4 aromatic rings. The van der Waals surface area contributed by atoms with Crippen LogP contribution in [0.1, 0.15) is 13.8 Å². The molecule has 0 amide bonds. The summed E-state index contributed by atoms with van der Waals surface area (Å²) < 4.78 is 13.1. The number of ether oxygens (including phenoxy) is 2. The van der Waals surface area contributed by atoms with Gasteiger partial charge in [-0.3, -0.25) is 0 Å². The Balaban J connectivity index is 1.46. The van der Waals surface area contributed by atoms with Crippen molar-refractivity contribution in [3.63, 3.8) is 0 Å². The second kappa shape index (κ2) is 11.2. The molecule has 35 heavy (non-hydrogen) atoms. The minimum Gasteiger partial charge on any atom is -0.344 e. The lowest BCUT2D eigenvalue weighted by Gasteiger charge is -2.27. The largest absolute Gasteiger partial charge is 0.344 e. The Morgan fingerprint density at radius 1 is 0.600 bits per heavy atom. The molecule has 0 bridgehead atoms. The van der Waals surface area contributed by atoms with Gasteiger partial charge in [-0.1, -0.05) is 121 Å². The van der Waals surface area contributed by atoms with E-state index < -0.39 is 21.6 Å². The number of rotatable bonds is 8. The van der Waals surface area contributed by atoms with E-state index in [1.165, 1.54) is 21.2 Å². The lowest BCUT2D eigenvalue weighted by atomic mass is 10.3. The zero-order chi connectivity index (χ0) is 24.1. The Morgan fingerprint density at radius 2 is 1.00 bits per heavy atom. The molecule has 4 aromatic carbocycles. The smallest absolute Gasteiger partial charge is 0.163 e. The van der Waals surface area contributed by atoms with Crippen LogP contribution in [-0.2, 0) is 9.47 Å². The van der Waals surface area contributed by atoms with Crippen molar-refractivity contribution in [1.82, 2.24) is 0 Å². The number of hydrogen-bond acceptors (Lipinski definition) is 2. The molecular weight excluding hydrogens is 466 g/mol. The normalized spacial score (nSPS) is 19.3. The summed E-state index contributed by atoms with van der Waals surface area (Å²) in [6, 6.07) is 43.3. The predicted molar refractivity (Wildman–Crippen MR) is 151 cm³/mol. The zero-order valence-corrected chi connectivity index (χ0v) is 22.0. The summed E-state index contributed by atoms with van der Waals surface area (Å²) >= 11 is 0. The first kappa shape index (κ1) is 24.4. The van der Waals surface area contributed by atoms with E-state index in [1.807, 2.05) is 13.8 Å². The van der Waals surface area contributed by atoms with Gasteiger partial charge < -0.3 is 9.47 Å². The van der Waals surface area contributed by atoms with Crippen LogP contribution in [0.2, 0.25) is 0 Å². The summed E-state index contributed by atoms with van der Waals surface area (Å²) in [5, 5.41) is 5.39. The average molecular weight is 498 g/mol. The van der Waals surface area contributed by atoms with Gasteiger partial charge in [0.1, 0.15) is 0 Å². The molecule has 0 N–H and O–H groups in total. The van der Waals surface area contributed by atoms with Gasteiger partial charge in [-0.05, 0) is 50.9 Å². The van der Waals surface area contributed by atoms with Crippen LogP contribution in [0.5, 0.6) is 0 Å². The molecular formula is C31H31O2P2. The van der Waals surface area contributed by atoms with Crippen LogP contribution in [0.4, 0.5) is 0 Å². The van der Waals surface area contributed by atoms with Crippen LogP contribution in [0, 0.1) is 6.16 Å². The van der Waals surface area contributed by atoms with Crippen molar-refractivity contribution in [1.29, 1.82) is 0 Å². The summed E-state index contributed by atoms with van der Waals surface area (Å²) in [4.78, 5) is 0. The summed E-state index contributed by atoms with van der Waals surface area (Å²) in [5.74, 6) is -0.616. The molecule has 2 atom stereocenters. The Morgan fingerprint density at radius 3 is 1.43 bits per heavy atom. The van der Waals surface area contributed by atoms with Gasteiger partial charge in [-0.2, -0.15) is 0 Å². The summed E-state index contributed by atoms with van der Waals surface area (Å²) in [6.45, 7) is 4.07. The van der Waals surface area contributed by atoms with Crippen LogP contribution in [-0.4, -0.2) is 24.2 Å². The van der Waals surface area contributed by atoms with Crippen molar-refractivity contribution in [3.8, 4) is 0 Å². The first-order valence-corrected chi connectivity index (χ1v) is 15.0. The van der Waals surface area contributed by atoms with Crippen molar-refractivity contribution >= 4 is 37.1 Å². The monoisotopic (exact) mass is 497 g/mol. The quantitative estimate of drug-likeness (QED) is 0.281. The van der Waals surface area contributed by atoms with E-state index in [2.05, 4.69) is 127 Å². The van der Waals surface area contributed by atoms with Gasteiger partial charge in [0.05, 0.1) is 12.2 Å². The molecule has 1 fully saturated rings. The fraction of sp³-hybridized carbons (Fsp3) is 0.194. The number of hydrogen-bond donors (Lipinski definition) is 0. The Bertz CT molecular complexity index is 1010.